The number of nitrogens with zero attached hydrogens (tertiary/aromatic N) is 3. The summed E-state index contributed by atoms with van der Waals surface area (Å²) in [6.45, 7) is 2.67. The molecule has 0 saturated carbocycles. The van der Waals surface area contributed by atoms with Crippen LogP contribution in [0.4, 0.5) is 0 Å². The summed E-state index contributed by atoms with van der Waals surface area (Å²) in [5.41, 5.74) is 0.278. The second kappa shape index (κ2) is 9.59. The van der Waals surface area contributed by atoms with Crippen molar-refractivity contribution < 1.29 is 19.1 Å². The number of aromatic nitrogens is 2. The monoisotopic (exact) mass is 432 g/mol. The van der Waals surface area contributed by atoms with Gasteiger partial charge in [-0.3, -0.25) is 0 Å². The molecule has 1 fully saturated rings. The van der Waals surface area contributed by atoms with E-state index in [1.54, 1.807) is 24.3 Å². The zero-order chi connectivity index (χ0) is 22.4. The highest BCUT2D eigenvalue weighted by molar-refractivity contribution is 5.85. The molecule has 0 amide bonds. The van der Waals surface area contributed by atoms with Crippen LogP contribution in [-0.4, -0.2) is 58.3 Å². The van der Waals surface area contributed by atoms with E-state index in [-0.39, 0.29) is 6.10 Å². The summed E-state index contributed by atoms with van der Waals surface area (Å²) in [6.07, 6.45) is 7.63. The lowest BCUT2D eigenvalue weighted by Crippen LogP contribution is -2.55. The molecule has 166 valence electrons. The number of likely N-dealkylation sites (tertiary alicyclic amines) is 1. The third kappa shape index (κ3) is 4.87. The van der Waals surface area contributed by atoms with Crippen molar-refractivity contribution in [2.24, 2.45) is 0 Å². The van der Waals surface area contributed by atoms with Crippen LogP contribution in [0.1, 0.15) is 29.5 Å². The predicted molar refractivity (Wildman–Crippen MR) is 122 cm³/mol. The van der Waals surface area contributed by atoms with E-state index in [0.717, 1.165) is 48.9 Å². The van der Waals surface area contributed by atoms with E-state index in [1.807, 2.05) is 48.8 Å². The maximum absolute atomic E-state index is 13.4. The first-order chi connectivity index (χ1) is 15.5. The molecular weight excluding hydrogens is 402 g/mol. The first-order valence-electron chi connectivity index (χ1n) is 11.1. The van der Waals surface area contributed by atoms with Crippen LogP contribution < -0.4 is 0 Å². The zero-order valence-electron chi connectivity index (χ0n) is 18.4. The maximum Gasteiger partial charge on any atom is 0.348 e. The average Bonchev–Trinajstić information content (AvgIpc) is 2.84. The number of quaternary nitrogens is 1. The van der Waals surface area contributed by atoms with Crippen LogP contribution in [0, 0.1) is 0 Å². The molecule has 2 heterocycles. The van der Waals surface area contributed by atoms with E-state index in [1.165, 1.54) is 6.33 Å². The van der Waals surface area contributed by atoms with Crippen LogP contribution in [0.2, 0.25) is 0 Å². The second-order valence-electron chi connectivity index (χ2n) is 8.86. The molecule has 1 aliphatic heterocycles. The molecule has 0 radical (unpaired) electrons. The lowest BCUT2D eigenvalue weighted by atomic mass is 9.86. The molecular formula is C26H30N3O3+. The van der Waals surface area contributed by atoms with Gasteiger partial charge in [0.2, 0.25) is 5.60 Å². The van der Waals surface area contributed by atoms with Gasteiger partial charge in [-0.05, 0) is 23.1 Å². The Labute approximate surface area is 189 Å². The first-order valence-corrected chi connectivity index (χ1v) is 11.1. The van der Waals surface area contributed by atoms with E-state index >= 15 is 0 Å². The Hall–Kier alpha value is -3.09. The number of aliphatic hydroxyl groups is 1. The minimum Gasteiger partial charge on any atom is -0.454 e. The second-order valence-corrected chi connectivity index (χ2v) is 8.86. The van der Waals surface area contributed by atoms with Crippen LogP contribution in [-0.2, 0) is 21.6 Å². The van der Waals surface area contributed by atoms with Crippen molar-refractivity contribution in [1.82, 2.24) is 9.97 Å². The molecule has 0 aliphatic carbocycles. The Morgan fingerprint density at radius 3 is 2.25 bits per heavy atom. The fourth-order valence-electron chi connectivity index (χ4n) is 4.53. The summed E-state index contributed by atoms with van der Waals surface area (Å²) in [4.78, 5) is 21.6. The Bertz CT molecular complexity index is 975. The van der Waals surface area contributed by atoms with Gasteiger partial charge in [-0.2, -0.15) is 0 Å². The van der Waals surface area contributed by atoms with Crippen molar-refractivity contribution >= 4 is 5.97 Å². The molecule has 32 heavy (non-hydrogen) atoms. The van der Waals surface area contributed by atoms with E-state index in [4.69, 9.17) is 4.74 Å². The molecule has 6 heteroatoms. The summed E-state index contributed by atoms with van der Waals surface area (Å²) in [5.74, 6) is -0.621. The summed E-state index contributed by atoms with van der Waals surface area (Å²) < 4.78 is 6.79. The van der Waals surface area contributed by atoms with Crippen LogP contribution in [0.5, 0.6) is 0 Å². The average molecular weight is 433 g/mol. The number of likely N-dealkylation sites (N-methyl/N-ethyl adjacent to an activating group) is 1. The smallest absolute Gasteiger partial charge is 0.348 e. The number of hydrogen-bond acceptors (Lipinski definition) is 5. The Balaban J connectivity index is 1.49. The quantitative estimate of drug-likeness (QED) is 0.459. The number of benzene rings is 2. The minimum absolute atomic E-state index is 0.243. The van der Waals surface area contributed by atoms with Gasteiger partial charge in [-0.15, -0.1) is 0 Å². The molecule has 6 nitrogen and oxygen atoms in total. The highest BCUT2D eigenvalue weighted by Gasteiger charge is 2.44. The van der Waals surface area contributed by atoms with E-state index in [0.29, 0.717) is 11.1 Å². The number of ether oxygens (including phenoxy) is 1. The molecule has 1 saturated heterocycles. The van der Waals surface area contributed by atoms with Gasteiger partial charge in [0.05, 0.1) is 20.1 Å². The number of hydrogen-bond donors (Lipinski definition) is 1. The topological polar surface area (TPSA) is 72.3 Å². The van der Waals surface area contributed by atoms with Crippen molar-refractivity contribution in [3.8, 4) is 0 Å². The molecule has 1 aliphatic rings. The lowest BCUT2D eigenvalue weighted by molar-refractivity contribution is -0.916. The van der Waals surface area contributed by atoms with Crippen molar-refractivity contribution in [3.63, 3.8) is 0 Å². The summed E-state index contributed by atoms with van der Waals surface area (Å²) >= 11 is 0. The predicted octanol–water partition coefficient (Wildman–Crippen LogP) is 3.11. The molecule has 0 spiro atoms. The van der Waals surface area contributed by atoms with Gasteiger partial charge >= 0.3 is 5.97 Å². The van der Waals surface area contributed by atoms with Gasteiger partial charge in [-0.25, -0.2) is 14.8 Å². The van der Waals surface area contributed by atoms with Crippen molar-refractivity contribution in [3.05, 3.63) is 96.1 Å². The molecule has 0 bridgehead atoms. The first kappa shape index (κ1) is 22.1. The van der Waals surface area contributed by atoms with Gasteiger partial charge in [0, 0.05) is 25.2 Å². The van der Waals surface area contributed by atoms with Crippen LogP contribution in [0.3, 0.4) is 0 Å². The van der Waals surface area contributed by atoms with E-state index in [2.05, 4.69) is 17.0 Å². The third-order valence-electron chi connectivity index (χ3n) is 6.38. The highest BCUT2D eigenvalue weighted by atomic mass is 16.6. The number of rotatable bonds is 7. The zero-order valence-corrected chi connectivity index (χ0v) is 18.4. The number of carbonyl (C=O) groups excluding carboxylic acids is 1. The van der Waals surface area contributed by atoms with Gasteiger partial charge in [0.25, 0.3) is 0 Å². The van der Waals surface area contributed by atoms with Crippen molar-refractivity contribution in [2.75, 3.05) is 26.7 Å². The minimum atomic E-state index is -1.84. The van der Waals surface area contributed by atoms with E-state index in [9.17, 15) is 9.90 Å². The van der Waals surface area contributed by atoms with E-state index < -0.39 is 11.6 Å². The molecule has 1 aromatic heterocycles. The summed E-state index contributed by atoms with van der Waals surface area (Å²) in [5, 5.41) is 11.6. The fraction of sp³-hybridized carbons (Fsp3) is 0.346. The van der Waals surface area contributed by atoms with Crippen LogP contribution in [0.25, 0.3) is 0 Å². The summed E-state index contributed by atoms with van der Waals surface area (Å²) in [7, 11) is 2.20. The van der Waals surface area contributed by atoms with Crippen LogP contribution >= 0.6 is 0 Å². The normalized spacial score (nSPS) is 21.1. The Morgan fingerprint density at radius 1 is 1.06 bits per heavy atom. The Kier molecular flexibility index (Phi) is 6.63. The lowest BCUT2D eigenvalue weighted by Gasteiger charge is -2.41. The largest absolute Gasteiger partial charge is 0.454 e. The molecule has 2 aromatic carbocycles. The summed E-state index contributed by atoms with van der Waals surface area (Å²) in [6, 6.07) is 18.0. The molecule has 1 N–H and O–H groups in total. The number of piperidine rings is 1. The number of esters is 1. The standard InChI is InChI=1S/C26H30N3O3/c1-29(16-14-21-17-27-20-28-18-21)15-8-13-24(19-29)32-25(30)26(31,22-9-4-2-5-10-22)23-11-6-3-7-12-23/h2-7,9-12,17-18,20,24,31H,8,13-16,19H2,1H3/q+1/t24?,29-/m1/s1. The van der Waals surface area contributed by atoms with Crippen molar-refractivity contribution in [1.29, 1.82) is 0 Å². The Morgan fingerprint density at radius 2 is 1.66 bits per heavy atom. The van der Waals surface area contributed by atoms with Gasteiger partial charge < -0.3 is 14.3 Å². The fourth-order valence-corrected chi connectivity index (χ4v) is 4.53. The van der Waals surface area contributed by atoms with Gasteiger partial charge in [0.15, 0.2) is 6.10 Å². The SMILES string of the molecule is C[N@+]1(CCc2cncnc2)CCCC(OC(=O)C(O)(c2ccccc2)c2ccccc2)C1. The highest BCUT2D eigenvalue weighted by Crippen LogP contribution is 2.32. The third-order valence-corrected chi connectivity index (χ3v) is 6.38. The molecule has 2 atom stereocenters. The maximum atomic E-state index is 13.4. The molecule has 4 rings (SSSR count). The molecule has 3 aromatic rings. The number of carbonyl (C=O) groups is 1. The van der Waals surface area contributed by atoms with Crippen molar-refractivity contribution in [2.45, 2.75) is 31.0 Å². The molecule has 1 unspecified atom stereocenters. The van der Waals surface area contributed by atoms with Gasteiger partial charge in [0.1, 0.15) is 12.9 Å². The van der Waals surface area contributed by atoms with Crippen LogP contribution in [0.15, 0.2) is 79.4 Å². The van der Waals surface area contributed by atoms with Gasteiger partial charge in [-0.1, -0.05) is 60.7 Å².